The Kier molecular flexibility index (Phi) is 3.76. The van der Waals surface area contributed by atoms with Gasteiger partial charge in [0.1, 0.15) is 17.1 Å². The summed E-state index contributed by atoms with van der Waals surface area (Å²) in [4.78, 5) is 10.9. The molecular weight excluding hydrogens is 230 g/mol. The highest BCUT2D eigenvalue weighted by Gasteiger charge is 2.29. The maximum atomic E-state index is 10.9. The van der Waals surface area contributed by atoms with Gasteiger partial charge in [0.05, 0.1) is 6.54 Å². The predicted molar refractivity (Wildman–Crippen MR) is 68.6 cm³/mol. The lowest BCUT2D eigenvalue weighted by Crippen LogP contribution is -2.31. The number of carboxylic acids is 1. The van der Waals surface area contributed by atoms with E-state index in [2.05, 4.69) is 19.2 Å². The third kappa shape index (κ3) is 2.58. The molecule has 1 fully saturated rings. The van der Waals surface area contributed by atoms with Crippen molar-refractivity contribution in [3.63, 3.8) is 0 Å². The summed E-state index contributed by atoms with van der Waals surface area (Å²) in [6.07, 6.45) is 2.45. The molecule has 1 aliphatic rings. The molecule has 18 heavy (non-hydrogen) atoms. The van der Waals surface area contributed by atoms with Gasteiger partial charge in [-0.2, -0.15) is 0 Å². The fourth-order valence-electron chi connectivity index (χ4n) is 2.73. The zero-order valence-electron chi connectivity index (χ0n) is 11.2. The molecular formula is C14H21NO3. The normalized spacial score (nSPS) is 27.6. The lowest BCUT2D eigenvalue weighted by atomic mass is 9.98. The molecule has 1 saturated carbocycles. The Morgan fingerprint density at radius 3 is 2.72 bits per heavy atom. The quantitative estimate of drug-likeness (QED) is 0.863. The zero-order valence-corrected chi connectivity index (χ0v) is 11.2. The second-order valence-corrected chi connectivity index (χ2v) is 5.39. The van der Waals surface area contributed by atoms with Crippen molar-refractivity contribution in [2.24, 2.45) is 11.8 Å². The van der Waals surface area contributed by atoms with Crippen LogP contribution in [0.5, 0.6) is 0 Å². The molecule has 4 heteroatoms. The predicted octanol–water partition coefficient (Wildman–Crippen LogP) is 2.81. The summed E-state index contributed by atoms with van der Waals surface area (Å²) in [5.41, 5.74) is 0.264. The monoisotopic (exact) mass is 251 g/mol. The second kappa shape index (κ2) is 5.14. The molecule has 1 aliphatic carbocycles. The molecule has 2 N–H and O–H groups in total. The summed E-state index contributed by atoms with van der Waals surface area (Å²) in [6.45, 7) is 6.85. The summed E-state index contributed by atoms with van der Waals surface area (Å²) >= 11 is 0. The van der Waals surface area contributed by atoms with Crippen molar-refractivity contribution >= 4 is 5.97 Å². The largest absolute Gasteiger partial charge is 0.478 e. The number of furan rings is 1. The number of hydrogen-bond acceptors (Lipinski definition) is 3. The highest BCUT2D eigenvalue weighted by atomic mass is 16.4. The number of nitrogens with one attached hydrogen (secondary N) is 1. The number of hydrogen-bond donors (Lipinski definition) is 2. The van der Waals surface area contributed by atoms with Crippen LogP contribution in [-0.2, 0) is 6.54 Å². The van der Waals surface area contributed by atoms with Gasteiger partial charge in [-0.3, -0.25) is 0 Å². The van der Waals surface area contributed by atoms with E-state index in [1.165, 1.54) is 12.8 Å². The van der Waals surface area contributed by atoms with Gasteiger partial charge in [-0.1, -0.05) is 13.8 Å². The first kappa shape index (κ1) is 13.1. The number of aryl methyl sites for hydroxylation is 1. The zero-order chi connectivity index (χ0) is 13.3. The third-order valence-corrected chi connectivity index (χ3v) is 4.20. The van der Waals surface area contributed by atoms with Crippen LogP contribution in [0.3, 0.4) is 0 Å². The SMILES string of the molecule is Cc1oc(CNC2CCC(C)C2C)cc1C(=O)O. The lowest BCUT2D eigenvalue weighted by molar-refractivity contribution is 0.0695. The molecule has 0 saturated heterocycles. The van der Waals surface area contributed by atoms with Crippen LogP contribution in [0.15, 0.2) is 10.5 Å². The number of aromatic carboxylic acids is 1. The van der Waals surface area contributed by atoms with Crippen molar-refractivity contribution in [3.8, 4) is 0 Å². The van der Waals surface area contributed by atoms with E-state index in [0.29, 0.717) is 30.0 Å². The van der Waals surface area contributed by atoms with Crippen LogP contribution in [0.1, 0.15) is 48.6 Å². The van der Waals surface area contributed by atoms with Crippen molar-refractivity contribution in [2.75, 3.05) is 0 Å². The van der Waals surface area contributed by atoms with Crippen LogP contribution in [0.4, 0.5) is 0 Å². The summed E-state index contributed by atoms with van der Waals surface area (Å²) in [5.74, 6) is 1.68. The standard InChI is InChI=1S/C14H21NO3/c1-8-4-5-13(9(8)2)15-7-11-6-12(14(16)17)10(3)18-11/h6,8-9,13,15H,4-5,7H2,1-3H3,(H,16,17). The van der Waals surface area contributed by atoms with Crippen LogP contribution in [0.2, 0.25) is 0 Å². The van der Waals surface area contributed by atoms with E-state index in [1.54, 1.807) is 13.0 Å². The molecule has 3 unspecified atom stereocenters. The highest BCUT2D eigenvalue weighted by Crippen LogP contribution is 2.31. The van der Waals surface area contributed by atoms with Crippen LogP contribution >= 0.6 is 0 Å². The molecule has 0 aromatic carbocycles. The second-order valence-electron chi connectivity index (χ2n) is 5.39. The molecule has 100 valence electrons. The van der Waals surface area contributed by atoms with Gasteiger partial charge >= 0.3 is 5.97 Å². The average Bonchev–Trinajstić information content (AvgIpc) is 2.82. The summed E-state index contributed by atoms with van der Waals surface area (Å²) in [7, 11) is 0. The summed E-state index contributed by atoms with van der Waals surface area (Å²) in [6, 6.07) is 2.13. The van der Waals surface area contributed by atoms with Crippen molar-refractivity contribution in [1.29, 1.82) is 0 Å². The summed E-state index contributed by atoms with van der Waals surface area (Å²) in [5, 5.41) is 12.4. The number of carboxylic acid groups (broad SMARTS) is 1. The van der Waals surface area contributed by atoms with Crippen LogP contribution < -0.4 is 5.32 Å². The molecule has 1 aromatic heterocycles. The molecule has 3 atom stereocenters. The van der Waals surface area contributed by atoms with Crippen LogP contribution in [0, 0.1) is 18.8 Å². The fraction of sp³-hybridized carbons (Fsp3) is 0.643. The lowest BCUT2D eigenvalue weighted by Gasteiger charge is -2.18. The van der Waals surface area contributed by atoms with Crippen molar-refractivity contribution in [1.82, 2.24) is 5.32 Å². The van der Waals surface area contributed by atoms with Gasteiger partial charge in [-0.05, 0) is 37.7 Å². The van der Waals surface area contributed by atoms with Crippen molar-refractivity contribution < 1.29 is 14.3 Å². The molecule has 0 radical (unpaired) electrons. The minimum atomic E-state index is -0.926. The van der Waals surface area contributed by atoms with Gasteiger partial charge in [-0.25, -0.2) is 4.79 Å². The van der Waals surface area contributed by atoms with Gasteiger partial charge in [0.15, 0.2) is 0 Å². The number of rotatable bonds is 4. The number of carbonyl (C=O) groups is 1. The van der Waals surface area contributed by atoms with Gasteiger partial charge in [-0.15, -0.1) is 0 Å². The molecule has 1 aromatic rings. The Hall–Kier alpha value is -1.29. The fourth-order valence-corrected chi connectivity index (χ4v) is 2.73. The van der Waals surface area contributed by atoms with Gasteiger partial charge in [0, 0.05) is 6.04 Å². The Bertz CT molecular complexity index is 438. The van der Waals surface area contributed by atoms with Crippen molar-refractivity contribution in [2.45, 2.75) is 46.2 Å². The third-order valence-electron chi connectivity index (χ3n) is 4.20. The first-order chi connectivity index (χ1) is 8.49. The van der Waals surface area contributed by atoms with E-state index < -0.39 is 5.97 Å². The van der Waals surface area contributed by atoms with Gasteiger partial charge in [0.25, 0.3) is 0 Å². The smallest absolute Gasteiger partial charge is 0.339 e. The molecule has 1 heterocycles. The van der Waals surface area contributed by atoms with Crippen LogP contribution in [0.25, 0.3) is 0 Å². The van der Waals surface area contributed by atoms with E-state index >= 15 is 0 Å². The first-order valence-corrected chi connectivity index (χ1v) is 6.55. The molecule has 0 aliphatic heterocycles. The molecule has 0 amide bonds. The molecule has 4 nitrogen and oxygen atoms in total. The minimum Gasteiger partial charge on any atom is -0.478 e. The maximum Gasteiger partial charge on any atom is 0.339 e. The van der Waals surface area contributed by atoms with Crippen molar-refractivity contribution in [3.05, 3.63) is 23.2 Å². The molecule has 0 bridgehead atoms. The highest BCUT2D eigenvalue weighted by molar-refractivity contribution is 5.88. The summed E-state index contributed by atoms with van der Waals surface area (Å²) < 4.78 is 5.45. The van der Waals surface area contributed by atoms with E-state index in [0.717, 1.165) is 5.92 Å². The van der Waals surface area contributed by atoms with E-state index in [4.69, 9.17) is 9.52 Å². The first-order valence-electron chi connectivity index (χ1n) is 6.55. The topological polar surface area (TPSA) is 62.5 Å². The van der Waals surface area contributed by atoms with Crippen LogP contribution in [-0.4, -0.2) is 17.1 Å². The van der Waals surface area contributed by atoms with Gasteiger partial charge < -0.3 is 14.8 Å². The average molecular weight is 251 g/mol. The van der Waals surface area contributed by atoms with Gasteiger partial charge in [0.2, 0.25) is 0 Å². The Balaban J connectivity index is 1.95. The molecule has 2 rings (SSSR count). The maximum absolute atomic E-state index is 10.9. The van der Waals surface area contributed by atoms with E-state index in [1.807, 2.05) is 0 Å². The van der Waals surface area contributed by atoms with E-state index in [9.17, 15) is 4.79 Å². The Labute approximate surface area is 107 Å². The minimum absolute atomic E-state index is 0.264. The van der Waals surface area contributed by atoms with E-state index in [-0.39, 0.29) is 5.56 Å². The Morgan fingerprint density at radius 2 is 2.22 bits per heavy atom. The Morgan fingerprint density at radius 1 is 1.50 bits per heavy atom. The molecule has 0 spiro atoms.